The van der Waals surface area contributed by atoms with Crippen LogP contribution < -0.4 is 0 Å². The minimum Gasteiger partial charge on any atom is -0.462 e. The summed E-state index contributed by atoms with van der Waals surface area (Å²) in [6.07, 6.45) is 54.3. The van der Waals surface area contributed by atoms with Crippen LogP contribution in [-0.2, 0) is 28.6 Å². The van der Waals surface area contributed by atoms with Gasteiger partial charge in [-0.15, -0.1) is 0 Å². The fourth-order valence-electron chi connectivity index (χ4n) is 5.68. The van der Waals surface area contributed by atoms with Crippen molar-refractivity contribution < 1.29 is 28.6 Å². The van der Waals surface area contributed by atoms with E-state index in [4.69, 9.17) is 14.2 Å². The molecule has 0 heterocycles. The maximum atomic E-state index is 12.7. The van der Waals surface area contributed by atoms with Crippen molar-refractivity contribution in [2.24, 2.45) is 0 Å². The highest BCUT2D eigenvalue weighted by molar-refractivity contribution is 5.71. The average molecular weight is 765 g/mol. The molecule has 0 bridgehead atoms. The van der Waals surface area contributed by atoms with Crippen LogP contribution in [0.25, 0.3) is 0 Å². The predicted octanol–water partition coefficient (Wildman–Crippen LogP) is 14.1. The molecular weight excluding hydrogens is 685 g/mol. The highest BCUT2D eigenvalue weighted by Gasteiger charge is 2.19. The summed E-state index contributed by atoms with van der Waals surface area (Å²) in [5, 5.41) is 0. The number of carbonyl (C=O) groups is 3. The SMILES string of the molecule is CC/C=C\C/C=C\CCCCC(=O)OCC(COC(=O)CCCCCCC\C=C/C=C\C=C/C=C\C=C/CCC)OC(=O)CCCCCCCCCCCC. The summed E-state index contributed by atoms with van der Waals surface area (Å²) in [6, 6.07) is 0. The Labute approximate surface area is 337 Å². The van der Waals surface area contributed by atoms with E-state index in [1.807, 2.05) is 36.5 Å². The molecule has 312 valence electrons. The van der Waals surface area contributed by atoms with E-state index < -0.39 is 6.10 Å². The third-order valence-corrected chi connectivity index (χ3v) is 8.99. The number of carbonyl (C=O) groups excluding carboxylic acids is 3. The molecule has 0 saturated carbocycles. The zero-order valence-corrected chi connectivity index (χ0v) is 35.4. The Morgan fingerprint density at radius 2 is 0.818 bits per heavy atom. The van der Waals surface area contributed by atoms with Gasteiger partial charge in [0.15, 0.2) is 6.10 Å². The van der Waals surface area contributed by atoms with Crippen LogP contribution in [0.4, 0.5) is 0 Å². The molecule has 55 heavy (non-hydrogen) atoms. The van der Waals surface area contributed by atoms with Gasteiger partial charge < -0.3 is 14.2 Å². The maximum Gasteiger partial charge on any atom is 0.306 e. The van der Waals surface area contributed by atoms with Crippen molar-refractivity contribution in [1.29, 1.82) is 0 Å². The number of allylic oxidation sites excluding steroid dienone is 14. The predicted molar refractivity (Wildman–Crippen MR) is 233 cm³/mol. The quantitative estimate of drug-likeness (QED) is 0.0205. The van der Waals surface area contributed by atoms with Crippen molar-refractivity contribution in [3.63, 3.8) is 0 Å². The van der Waals surface area contributed by atoms with E-state index in [0.29, 0.717) is 19.3 Å². The molecule has 0 aliphatic carbocycles. The first-order valence-electron chi connectivity index (χ1n) is 22.2. The molecule has 1 unspecified atom stereocenters. The van der Waals surface area contributed by atoms with E-state index in [1.165, 1.54) is 51.4 Å². The van der Waals surface area contributed by atoms with Crippen molar-refractivity contribution >= 4 is 17.9 Å². The van der Waals surface area contributed by atoms with Crippen LogP contribution in [0.5, 0.6) is 0 Å². The van der Waals surface area contributed by atoms with E-state index in [-0.39, 0.29) is 31.1 Å². The summed E-state index contributed by atoms with van der Waals surface area (Å²) in [5.41, 5.74) is 0. The first-order valence-corrected chi connectivity index (χ1v) is 22.2. The number of ether oxygens (including phenoxy) is 3. The van der Waals surface area contributed by atoms with Gasteiger partial charge in [-0.05, 0) is 64.2 Å². The van der Waals surface area contributed by atoms with Crippen molar-refractivity contribution in [3.8, 4) is 0 Å². The number of hydrogen-bond acceptors (Lipinski definition) is 6. The van der Waals surface area contributed by atoms with Crippen LogP contribution in [0, 0.1) is 0 Å². The summed E-state index contributed by atoms with van der Waals surface area (Å²) < 4.78 is 16.6. The van der Waals surface area contributed by atoms with E-state index in [1.54, 1.807) is 0 Å². The standard InChI is InChI=1S/C49H80O6/c1-4-7-10-13-16-19-21-22-23-24-25-26-27-28-31-33-36-39-42-48(51)54-45-46(44-53-47(50)41-38-35-32-29-18-15-12-9-6-3)55-49(52)43-40-37-34-30-20-17-14-11-8-5-2/h9-10,12-13,16,18-19,21-26,29,46H,4-8,11,14-15,17,20,27-28,30-45H2,1-3H3/b12-9-,13-10-,19-16-,22-21-,24-23-,26-25-,29-18-. The van der Waals surface area contributed by atoms with Gasteiger partial charge in [0.25, 0.3) is 0 Å². The molecule has 0 saturated heterocycles. The van der Waals surface area contributed by atoms with Crippen LogP contribution in [0.1, 0.15) is 188 Å². The van der Waals surface area contributed by atoms with Crippen molar-refractivity contribution in [1.82, 2.24) is 0 Å². The van der Waals surface area contributed by atoms with Crippen LogP contribution in [-0.4, -0.2) is 37.2 Å². The van der Waals surface area contributed by atoms with Crippen molar-refractivity contribution in [3.05, 3.63) is 85.1 Å². The molecule has 0 fully saturated rings. The Morgan fingerprint density at radius 3 is 1.36 bits per heavy atom. The maximum absolute atomic E-state index is 12.7. The van der Waals surface area contributed by atoms with Gasteiger partial charge in [0.1, 0.15) is 13.2 Å². The molecule has 0 radical (unpaired) electrons. The smallest absolute Gasteiger partial charge is 0.306 e. The molecule has 6 heteroatoms. The van der Waals surface area contributed by atoms with E-state index in [2.05, 4.69) is 69.4 Å². The second-order valence-electron chi connectivity index (χ2n) is 14.3. The van der Waals surface area contributed by atoms with Gasteiger partial charge >= 0.3 is 17.9 Å². The zero-order chi connectivity index (χ0) is 40.1. The fourth-order valence-corrected chi connectivity index (χ4v) is 5.68. The molecule has 0 rings (SSSR count). The van der Waals surface area contributed by atoms with E-state index >= 15 is 0 Å². The Kier molecular flexibility index (Phi) is 40.6. The lowest BCUT2D eigenvalue weighted by atomic mass is 10.1. The van der Waals surface area contributed by atoms with Gasteiger partial charge in [-0.25, -0.2) is 0 Å². The number of esters is 3. The van der Waals surface area contributed by atoms with E-state index in [0.717, 1.165) is 96.3 Å². The molecule has 0 aromatic rings. The minimum atomic E-state index is -0.795. The van der Waals surface area contributed by atoms with Gasteiger partial charge in [0.2, 0.25) is 0 Å². The lowest BCUT2D eigenvalue weighted by Gasteiger charge is -2.18. The molecule has 0 aliphatic heterocycles. The van der Waals surface area contributed by atoms with Crippen LogP contribution in [0.15, 0.2) is 85.1 Å². The Bertz CT molecular complexity index is 1110. The monoisotopic (exact) mass is 765 g/mol. The summed E-state index contributed by atoms with van der Waals surface area (Å²) in [6.45, 7) is 6.33. The Balaban J connectivity index is 4.42. The molecule has 0 aromatic carbocycles. The first-order chi connectivity index (χ1) is 27.0. The summed E-state index contributed by atoms with van der Waals surface area (Å²) in [5.74, 6) is -0.971. The number of hydrogen-bond donors (Lipinski definition) is 0. The first kappa shape index (κ1) is 51.6. The second-order valence-corrected chi connectivity index (χ2v) is 14.3. The van der Waals surface area contributed by atoms with Crippen LogP contribution in [0.2, 0.25) is 0 Å². The summed E-state index contributed by atoms with van der Waals surface area (Å²) >= 11 is 0. The van der Waals surface area contributed by atoms with Gasteiger partial charge in [-0.1, -0.05) is 189 Å². The largest absolute Gasteiger partial charge is 0.462 e. The lowest BCUT2D eigenvalue weighted by molar-refractivity contribution is -0.167. The minimum absolute atomic E-state index is 0.100. The highest BCUT2D eigenvalue weighted by Crippen LogP contribution is 2.13. The lowest BCUT2D eigenvalue weighted by Crippen LogP contribution is -2.30. The molecule has 1 atom stereocenters. The second kappa shape index (κ2) is 43.3. The van der Waals surface area contributed by atoms with E-state index in [9.17, 15) is 14.4 Å². The Morgan fingerprint density at radius 1 is 0.400 bits per heavy atom. The molecular formula is C49H80O6. The topological polar surface area (TPSA) is 78.9 Å². The molecule has 0 N–H and O–H groups in total. The van der Waals surface area contributed by atoms with Crippen molar-refractivity contribution in [2.45, 2.75) is 194 Å². The zero-order valence-electron chi connectivity index (χ0n) is 35.4. The van der Waals surface area contributed by atoms with Gasteiger partial charge in [0, 0.05) is 19.3 Å². The fraction of sp³-hybridized carbons (Fsp3) is 0.653. The third-order valence-electron chi connectivity index (χ3n) is 8.99. The normalized spacial score (nSPS) is 12.9. The molecule has 0 aromatic heterocycles. The molecule has 0 amide bonds. The molecule has 0 spiro atoms. The van der Waals surface area contributed by atoms with Crippen LogP contribution in [0.3, 0.4) is 0 Å². The summed E-state index contributed by atoms with van der Waals surface area (Å²) in [4.78, 5) is 37.6. The third kappa shape index (κ3) is 41.6. The van der Waals surface area contributed by atoms with Crippen molar-refractivity contribution in [2.75, 3.05) is 13.2 Å². The number of rotatable bonds is 38. The van der Waals surface area contributed by atoms with Crippen LogP contribution >= 0.6 is 0 Å². The summed E-state index contributed by atoms with van der Waals surface area (Å²) in [7, 11) is 0. The van der Waals surface area contributed by atoms with Gasteiger partial charge in [0.05, 0.1) is 0 Å². The van der Waals surface area contributed by atoms with Gasteiger partial charge in [-0.2, -0.15) is 0 Å². The molecule has 0 aliphatic rings. The molecule has 6 nitrogen and oxygen atoms in total. The average Bonchev–Trinajstić information content (AvgIpc) is 3.18. The highest BCUT2D eigenvalue weighted by atomic mass is 16.6. The van der Waals surface area contributed by atoms with Gasteiger partial charge in [-0.3, -0.25) is 14.4 Å². The number of unbranched alkanes of at least 4 members (excludes halogenated alkanes) is 17. The Hall–Kier alpha value is -3.41.